The average molecular weight is 502 g/mol. The van der Waals surface area contributed by atoms with Gasteiger partial charge in [-0.2, -0.15) is 0 Å². The molecule has 2 aliphatic heterocycles. The standard InChI is InChI=1S/C23H15BrClFN2O3/c24-17-11-13(9-10-18(17)26)20-19-21(31-28(20)15-6-2-1-3-7-15)23(30)27(22(19)29)16-8-4-5-14(25)12-16/h1-12,19-21H/t19-,20-,21+/m1/s1. The van der Waals surface area contributed by atoms with Gasteiger partial charge in [-0.05, 0) is 64.0 Å². The van der Waals surface area contributed by atoms with Gasteiger partial charge in [-0.25, -0.2) is 14.4 Å². The highest BCUT2D eigenvalue weighted by Gasteiger charge is 2.60. The van der Waals surface area contributed by atoms with E-state index in [1.807, 2.05) is 30.3 Å². The fourth-order valence-electron chi connectivity index (χ4n) is 4.12. The van der Waals surface area contributed by atoms with Crippen LogP contribution in [0.3, 0.4) is 0 Å². The summed E-state index contributed by atoms with van der Waals surface area (Å²) in [4.78, 5) is 33.9. The molecule has 2 fully saturated rings. The van der Waals surface area contributed by atoms with Crippen LogP contribution in [0, 0.1) is 11.7 Å². The third-order valence-electron chi connectivity index (χ3n) is 5.48. The fraction of sp³-hybridized carbons (Fsp3) is 0.130. The molecule has 2 saturated heterocycles. The largest absolute Gasteiger partial charge is 0.273 e. The second kappa shape index (κ2) is 7.75. The molecular weight excluding hydrogens is 487 g/mol. The molecule has 2 heterocycles. The molecule has 0 bridgehead atoms. The fourth-order valence-corrected chi connectivity index (χ4v) is 4.70. The first-order valence-corrected chi connectivity index (χ1v) is 10.7. The highest BCUT2D eigenvalue weighted by Crippen LogP contribution is 2.48. The zero-order valence-corrected chi connectivity index (χ0v) is 18.3. The van der Waals surface area contributed by atoms with Gasteiger partial charge < -0.3 is 0 Å². The van der Waals surface area contributed by atoms with E-state index in [0.29, 0.717) is 22.0 Å². The van der Waals surface area contributed by atoms with Crippen LogP contribution < -0.4 is 9.96 Å². The van der Waals surface area contributed by atoms with E-state index >= 15 is 0 Å². The summed E-state index contributed by atoms with van der Waals surface area (Å²) in [6.07, 6.45) is -1.000. The zero-order chi connectivity index (χ0) is 21.7. The van der Waals surface area contributed by atoms with Gasteiger partial charge in [-0.3, -0.25) is 14.4 Å². The summed E-state index contributed by atoms with van der Waals surface area (Å²) in [6.45, 7) is 0. The Bertz CT molecular complexity index is 1190. The Balaban J connectivity index is 1.61. The number of hydrogen-bond acceptors (Lipinski definition) is 4. The van der Waals surface area contributed by atoms with E-state index in [0.717, 1.165) is 4.90 Å². The lowest BCUT2D eigenvalue weighted by Gasteiger charge is -2.29. The number of benzene rings is 3. The molecule has 8 heteroatoms. The van der Waals surface area contributed by atoms with Gasteiger partial charge in [0.2, 0.25) is 5.91 Å². The van der Waals surface area contributed by atoms with Crippen molar-refractivity contribution in [2.24, 2.45) is 5.92 Å². The van der Waals surface area contributed by atoms with Crippen molar-refractivity contribution in [1.82, 2.24) is 0 Å². The number of fused-ring (bicyclic) bond motifs is 1. The molecule has 5 nitrogen and oxygen atoms in total. The number of imide groups is 1. The predicted octanol–water partition coefficient (Wildman–Crippen LogP) is 5.29. The summed E-state index contributed by atoms with van der Waals surface area (Å²) in [5.41, 5.74) is 1.74. The molecule has 0 aliphatic carbocycles. The third-order valence-corrected chi connectivity index (χ3v) is 6.32. The van der Waals surface area contributed by atoms with E-state index in [-0.39, 0.29) is 10.4 Å². The molecule has 156 valence electrons. The van der Waals surface area contributed by atoms with Crippen LogP contribution in [0.25, 0.3) is 0 Å². The minimum absolute atomic E-state index is 0.268. The van der Waals surface area contributed by atoms with Gasteiger partial charge in [-0.15, -0.1) is 0 Å². The van der Waals surface area contributed by atoms with Crippen LogP contribution in [0.2, 0.25) is 5.02 Å². The SMILES string of the molecule is O=C1[C@H]2[C@H](ON(c3ccccc3)[C@@H]2c2ccc(F)c(Br)c2)C(=O)N1c1cccc(Cl)c1. The molecule has 5 rings (SSSR count). The molecule has 0 unspecified atom stereocenters. The van der Waals surface area contributed by atoms with Crippen molar-refractivity contribution in [3.8, 4) is 0 Å². The van der Waals surface area contributed by atoms with Crippen LogP contribution in [0.1, 0.15) is 11.6 Å². The topological polar surface area (TPSA) is 49.9 Å². The number of hydrogen-bond donors (Lipinski definition) is 0. The van der Waals surface area contributed by atoms with Gasteiger partial charge >= 0.3 is 0 Å². The number of halogens is 3. The highest BCUT2D eigenvalue weighted by molar-refractivity contribution is 9.10. The van der Waals surface area contributed by atoms with Gasteiger partial charge in [0.15, 0.2) is 6.10 Å². The van der Waals surface area contributed by atoms with Crippen molar-refractivity contribution in [1.29, 1.82) is 0 Å². The number of hydroxylamine groups is 1. The van der Waals surface area contributed by atoms with Crippen LogP contribution in [-0.2, 0) is 14.4 Å². The van der Waals surface area contributed by atoms with Crippen molar-refractivity contribution in [2.45, 2.75) is 12.1 Å². The van der Waals surface area contributed by atoms with E-state index in [2.05, 4.69) is 15.9 Å². The molecule has 2 amide bonds. The Morgan fingerprint density at radius 1 is 0.903 bits per heavy atom. The zero-order valence-electron chi connectivity index (χ0n) is 15.9. The van der Waals surface area contributed by atoms with Crippen molar-refractivity contribution < 1.29 is 18.8 Å². The Morgan fingerprint density at radius 3 is 2.35 bits per heavy atom. The first-order valence-electron chi connectivity index (χ1n) is 9.55. The molecule has 3 aromatic rings. The van der Waals surface area contributed by atoms with Crippen molar-refractivity contribution >= 4 is 50.7 Å². The quantitative estimate of drug-likeness (QED) is 0.458. The summed E-state index contributed by atoms with van der Waals surface area (Å²) < 4.78 is 14.2. The molecule has 2 aliphatic rings. The summed E-state index contributed by atoms with van der Waals surface area (Å²) >= 11 is 9.28. The summed E-state index contributed by atoms with van der Waals surface area (Å²) in [7, 11) is 0. The van der Waals surface area contributed by atoms with Crippen LogP contribution in [-0.4, -0.2) is 17.9 Å². The molecule has 0 saturated carbocycles. The van der Waals surface area contributed by atoms with E-state index in [1.165, 1.54) is 6.07 Å². The minimum Gasteiger partial charge on any atom is -0.273 e. The summed E-state index contributed by atoms with van der Waals surface area (Å²) in [5.74, 6) is -2.06. The van der Waals surface area contributed by atoms with Crippen LogP contribution in [0.4, 0.5) is 15.8 Å². The number of carbonyl (C=O) groups is 2. The van der Waals surface area contributed by atoms with Crippen LogP contribution in [0.5, 0.6) is 0 Å². The number of para-hydroxylation sites is 1. The molecule has 0 spiro atoms. The van der Waals surface area contributed by atoms with E-state index in [4.69, 9.17) is 16.4 Å². The Hall–Kier alpha value is -2.74. The number of nitrogens with zero attached hydrogens (tertiary/aromatic N) is 2. The molecule has 0 radical (unpaired) electrons. The van der Waals surface area contributed by atoms with E-state index in [9.17, 15) is 14.0 Å². The van der Waals surface area contributed by atoms with Crippen molar-refractivity contribution in [2.75, 3.05) is 9.96 Å². The van der Waals surface area contributed by atoms with Gasteiger partial charge in [0, 0.05) is 5.02 Å². The Morgan fingerprint density at radius 2 is 1.65 bits per heavy atom. The summed E-state index contributed by atoms with van der Waals surface area (Å²) in [5, 5.41) is 1.99. The smallest absolute Gasteiger partial charge is 0.266 e. The molecule has 0 N–H and O–H groups in total. The van der Waals surface area contributed by atoms with Crippen LogP contribution >= 0.6 is 27.5 Å². The maximum absolute atomic E-state index is 13.9. The third kappa shape index (κ3) is 3.33. The van der Waals surface area contributed by atoms with Gasteiger partial charge in [0.25, 0.3) is 5.91 Å². The van der Waals surface area contributed by atoms with Gasteiger partial charge in [0.1, 0.15) is 11.7 Å². The normalized spacial score (nSPS) is 22.9. The Kier molecular flexibility index (Phi) is 5.04. The second-order valence-electron chi connectivity index (χ2n) is 7.32. The first-order chi connectivity index (χ1) is 15.0. The van der Waals surface area contributed by atoms with Gasteiger partial charge in [0.05, 0.1) is 21.9 Å². The monoisotopic (exact) mass is 500 g/mol. The van der Waals surface area contributed by atoms with Gasteiger partial charge in [-0.1, -0.05) is 41.9 Å². The van der Waals surface area contributed by atoms with E-state index < -0.39 is 29.8 Å². The molecule has 3 atom stereocenters. The molecule has 0 aromatic heterocycles. The van der Waals surface area contributed by atoms with E-state index in [1.54, 1.807) is 41.5 Å². The summed E-state index contributed by atoms with van der Waals surface area (Å²) in [6, 6.07) is 19.7. The second-order valence-corrected chi connectivity index (χ2v) is 8.61. The maximum atomic E-state index is 13.9. The number of carbonyl (C=O) groups excluding carboxylic acids is 2. The lowest BCUT2D eigenvalue weighted by molar-refractivity contribution is -0.126. The lowest BCUT2D eigenvalue weighted by Crippen LogP contribution is -2.37. The number of amides is 2. The first kappa shape index (κ1) is 20.2. The van der Waals surface area contributed by atoms with Crippen molar-refractivity contribution in [3.63, 3.8) is 0 Å². The predicted molar refractivity (Wildman–Crippen MR) is 118 cm³/mol. The molecule has 31 heavy (non-hydrogen) atoms. The number of anilines is 2. The highest BCUT2D eigenvalue weighted by atomic mass is 79.9. The average Bonchev–Trinajstić information content (AvgIpc) is 3.27. The maximum Gasteiger partial charge on any atom is 0.266 e. The minimum atomic E-state index is -1.000. The lowest BCUT2D eigenvalue weighted by atomic mass is 9.90. The molecular formula is C23H15BrClFN2O3. The number of rotatable bonds is 3. The molecule has 3 aromatic carbocycles. The van der Waals surface area contributed by atoms with Crippen molar-refractivity contribution in [3.05, 3.63) is 93.7 Å². The van der Waals surface area contributed by atoms with Crippen LogP contribution in [0.15, 0.2) is 77.3 Å². The Labute approximate surface area is 191 Å².